The van der Waals surface area contributed by atoms with Crippen molar-refractivity contribution in [3.05, 3.63) is 33.5 Å². The number of halogens is 1. The fourth-order valence-electron chi connectivity index (χ4n) is 3.66. The molecule has 0 spiro atoms. The Labute approximate surface area is 129 Å². The summed E-state index contributed by atoms with van der Waals surface area (Å²) in [7, 11) is 0. The minimum Gasteiger partial charge on any atom is -0.333 e. The number of hydrogen-bond donors (Lipinski definition) is 0. The van der Waals surface area contributed by atoms with Gasteiger partial charge in [-0.15, -0.1) is 11.3 Å². The minimum absolute atomic E-state index is 0.0426. The van der Waals surface area contributed by atoms with Crippen LogP contribution in [0, 0.1) is 5.92 Å². The molecule has 1 atom stereocenters. The molecule has 3 rings (SSSR count). The summed E-state index contributed by atoms with van der Waals surface area (Å²) in [6.45, 7) is 5.14. The van der Waals surface area contributed by atoms with Crippen molar-refractivity contribution < 1.29 is 4.79 Å². The van der Waals surface area contributed by atoms with Crippen LogP contribution in [0.1, 0.15) is 48.5 Å². The first kappa shape index (κ1) is 14.2. The van der Waals surface area contributed by atoms with Crippen LogP contribution in [0.5, 0.6) is 0 Å². The van der Waals surface area contributed by atoms with Crippen molar-refractivity contribution >= 4 is 28.8 Å². The van der Waals surface area contributed by atoms with Crippen LogP contribution in [0.15, 0.2) is 18.7 Å². The van der Waals surface area contributed by atoms with Crippen LogP contribution in [0.4, 0.5) is 0 Å². The highest BCUT2D eigenvalue weighted by Gasteiger charge is 2.34. The Balaban J connectivity index is 1.90. The molecule has 1 saturated carbocycles. The van der Waals surface area contributed by atoms with Crippen LogP contribution in [0.25, 0.3) is 0 Å². The molecule has 0 saturated heterocycles. The summed E-state index contributed by atoms with van der Waals surface area (Å²) in [5.41, 5.74) is 1.40. The highest BCUT2D eigenvalue weighted by Crippen LogP contribution is 2.44. The van der Waals surface area contributed by atoms with E-state index in [1.807, 2.05) is 4.90 Å². The molecule has 1 aliphatic carbocycles. The van der Waals surface area contributed by atoms with E-state index in [4.69, 9.17) is 11.6 Å². The number of fused-ring (bicyclic) bond motifs is 1. The second-order valence-corrected chi connectivity index (χ2v) is 7.62. The van der Waals surface area contributed by atoms with E-state index in [1.54, 1.807) is 11.3 Å². The van der Waals surface area contributed by atoms with Crippen molar-refractivity contribution in [1.82, 2.24) is 4.90 Å². The molecule has 1 amide bonds. The quantitative estimate of drug-likeness (QED) is 0.731. The third-order valence-corrected chi connectivity index (χ3v) is 5.93. The molecule has 1 fully saturated rings. The van der Waals surface area contributed by atoms with E-state index in [1.165, 1.54) is 48.6 Å². The summed E-state index contributed by atoms with van der Waals surface area (Å²) in [5.74, 6) is 1.21. The van der Waals surface area contributed by atoms with Crippen LogP contribution in [-0.4, -0.2) is 17.4 Å². The molecule has 4 heteroatoms. The average molecular weight is 310 g/mol. The lowest BCUT2D eigenvalue weighted by Crippen LogP contribution is -2.39. The third-order valence-electron chi connectivity index (χ3n) is 4.67. The summed E-state index contributed by atoms with van der Waals surface area (Å²) in [4.78, 5) is 15.2. The standard InChI is InChI=1S/C16H20ClNOS/c1-2-16(19)18-9-13(11-6-4-3-5-7-11)12-8-15(17)20-14(12)10-18/h2,8,11,13H,1,3-7,9-10H2/t13-/m1/s1. The summed E-state index contributed by atoms with van der Waals surface area (Å²) in [5, 5.41) is 0. The topological polar surface area (TPSA) is 20.3 Å². The molecule has 108 valence electrons. The van der Waals surface area contributed by atoms with Gasteiger partial charge in [-0.25, -0.2) is 0 Å². The number of rotatable bonds is 2. The molecule has 2 nitrogen and oxygen atoms in total. The summed E-state index contributed by atoms with van der Waals surface area (Å²) >= 11 is 7.84. The normalized spacial score (nSPS) is 23.4. The number of amides is 1. The first-order valence-electron chi connectivity index (χ1n) is 7.38. The zero-order valence-corrected chi connectivity index (χ0v) is 13.2. The van der Waals surface area contributed by atoms with E-state index >= 15 is 0 Å². The largest absolute Gasteiger partial charge is 0.333 e. The first-order valence-corrected chi connectivity index (χ1v) is 8.58. The van der Waals surface area contributed by atoms with Gasteiger partial charge < -0.3 is 4.90 Å². The number of thiophene rings is 1. The Morgan fingerprint density at radius 1 is 1.40 bits per heavy atom. The highest BCUT2D eigenvalue weighted by molar-refractivity contribution is 7.16. The molecule has 2 heterocycles. The minimum atomic E-state index is 0.0426. The van der Waals surface area contributed by atoms with Gasteiger partial charge in [0, 0.05) is 17.3 Å². The number of carbonyl (C=O) groups is 1. The van der Waals surface area contributed by atoms with E-state index in [-0.39, 0.29) is 5.91 Å². The first-order chi connectivity index (χ1) is 9.69. The Morgan fingerprint density at radius 2 is 2.15 bits per heavy atom. The number of hydrogen-bond acceptors (Lipinski definition) is 2. The van der Waals surface area contributed by atoms with Gasteiger partial charge in [-0.3, -0.25) is 4.79 Å². The van der Waals surface area contributed by atoms with Crippen LogP contribution in [0.2, 0.25) is 4.34 Å². The second kappa shape index (κ2) is 5.90. The SMILES string of the molecule is C=CC(=O)N1Cc2sc(Cl)cc2[C@@H](C2CCCCC2)C1. The molecule has 20 heavy (non-hydrogen) atoms. The molecule has 0 unspecified atom stereocenters. The monoisotopic (exact) mass is 309 g/mol. The molecular formula is C16H20ClNOS. The summed E-state index contributed by atoms with van der Waals surface area (Å²) in [6, 6.07) is 2.14. The van der Waals surface area contributed by atoms with Crippen molar-refractivity contribution in [3.8, 4) is 0 Å². The number of nitrogens with zero attached hydrogens (tertiary/aromatic N) is 1. The Hall–Kier alpha value is -0.800. The molecule has 0 bridgehead atoms. The van der Waals surface area contributed by atoms with Gasteiger partial charge in [0.1, 0.15) is 0 Å². The third kappa shape index (κ3) is 2.66. The lowest BCUT2D eigenvalue weighted by Gasteiger charge is -2.38. The zero-order valence-electron chi connectivity index (χ0n) is 11.6. The van der Waals surface area contributed by atoms with E-state index < -0.39 is 0 Å². The summed E-state index contributed by atoms with van der Waals surface area (Å²) in [6.07, 6.45) is 8.00. The Bertz CT molecular complexity index is 519. The Morgan fingerprint density at radius 3 is 2.85 bits per heavy atom. The van der Waals surface area contributed by atoms with Crippen molar-refractivity contribution in [2.45, 2.75) is 44.6 Å². The van der Waals surface area contributed by atoms with Gasteiger partial charge >= 0.3 is 0 Å². The lowest BCUT2D eigenvalue weighted by molar-refractivity contribution is -0.127. The van der Waals surface area contributed by atoms with E-state index in [0.717, 1.165) is 10.9 Å². The van der Waals surface area contributed by atoms with Gasteiger partial charge in [0.15, 0.2) is 0 Å². The van der Waals surface area contributed by atoms with Gasteiger partial charge in [-0.05, 0) is 36.5 Å². The molecule has 0 N–H and O–H groups in total. The van der Waals surface area contributed by atoms with Gasteiger partial charge in [0.2, 0.25) is 5.91 Å². The van der Waals surface area contributed by atoms with Crippen molar-refractivity contribution in [3.63, 3.8) is 0 Å². The molecule has 0 aromatic carbocycles. The fraction of sp³-hybridized carbons (Fsp3) is 0.562. The molecular weight excluding hydrogens is 290 g/mol. The zero-order chi connectivity index (χ0) is 14.1. The van der Waals surface area contributed by atoms with Crippen LogP contribution < -0.4 is 0 Å². The summed E-state index contributed by atoms with van der Waals surface area (Å²) < 4.78 is 0.851. The molecule has 0 radical (unpaired) electrons. The lowest BCUT2D eigenvalue weighted by atomic mass is 9.75. The maximum Gasteiger partial charge on any atom is 0.246 e. The molecule has 1 aliphatic heterocycles. The molecule has 1 aromatic rings. The maximum absolute atomic E-state index is 12.0. The average Bonchev–Trinajstić information content (AvgIpc) is 2.86. The van der Waals surface area contributed by atoms with E-state index in [0.29, 0.717) is 18.4 Å². The highest BCUT2D eigenvalue weighted by atomic mass is 35.5. The van der Waals surface area contributed by atoms with Crippen LogP contribution in [0.3, 0.4) is 0 Å². The van der Waals surface area contributed by atoms with Gasteiger partial charge in [-0.1, -0.05) is 37.4 Å². The van der Waals surface area contributed by atoms with Crippen molar-refractivity contribution in [2.75, 3.05) is 6.54 Å². The Kier molecular flexibility index (Phi) is 4.18. The predicted octanol–water partition coefficient (Wildman–Crippen LogP) is 4.59. The molecule has 1 aromatic heterocycles. The molecule has 2 aliphatic rings. The smallest absolute Gasteiger partial charge is 0.246 e. The van der Waals surface area contributed by atoms with Crippen LogP contribution >= 0.6 is 22.9 Å². The van der Waals surface area contributed by atoms with E-state index in [9.17, 15) is 4.79 Å². The maximum atomic E-state index is 12.0. The predicted molar refractivity (Wildman–Crippen MR) is 84.3 cm³/mol. The van der Waals surface area contributed by atoms with Gasteiger partial charge in [0.05, 0.1) is 10.9 Å². The number of carbonyl (C=O) groups excluding carboxylic acids is 1. The second-order valence-electron chi connectivity index (χ2n) is 5.86. The van der Waals surface area contributed by atoms with Crippen molar-refractivity contribution in [1.29, 1.82) is 0 Å². The van der Waals surface area contributed by atoms with Crippen molar-refractivity contribution in [2.24, 2.45) is 5.92 Å². The van der Waals surface area contributed by atoms with E-state index in [2.05, 4.69) is 12.6 Å². The van der Waals surface area contributed by atoms with Gasteiger partial charge in [-0.2, -0.15) is 0 Å². The fourth-order valence-corrected chi connectivity index (χ4v) is 5.02. The van der Waals surface area contributed by atoms with Gasteiger partial charge in [0.25, 0.3) is 0 Å². The van der Waals surface area contributed by atoms with Crippen LogP contribution in [-0.2, 0) is 11.3 Å².